The Bertz CT molecular complexity index is 1040. The largest absolute Gasteiger partial charge is 0.441 e. The number of nitrogen functional groups attached to an aromatic ring is 1. The number of hydrogen-bond donors (Lipinski definition) is 2. The standard InChI is InChI=1S/C20H14ClN3O/c21-12-6-4-11(5-7-12)18-15-9-8-13-14(2-1-3-17(13)23)19(15)25-20(24)16(18)10-22/h1-9,16,18,24H,23H2. The smallest absolute Gasteiger partial charge is 0.205 e. The van der Waals surface area contributed by atoms with Gasteiger partial charge in [-0.25, -0.2) is 0 Å². The number of anilines is 1. The Morgan fingerprint density at radius 3 is 2.52 bits per heavy atom. The first-order valence-corrected chi connectivity index (χ1v) is 8.20. The van der Waals surface area contributed by atoms with Gasteiger partial charge in [0, 0.05) is 33.0 Å². The minimum absolute atomic E-state index is 0.0510. The number of nitrogens with zero attached hydrogens (tertiary/aromatic N) is 1. The molecule has 3 aromatic rings. The molecule has 0 aliphatic carbocycles. The van der Waals surface area contributed by atoms with Crippen LogP contribution in [-0.4, -0.2) is 5.90 Å². The van der Waals surface area contributed by atoms with Crippen molar-refractivity contribution in [3.05, 3.63) is 70.7 Å². The minimum Gasteiger partial charge on any atom is -0.441 e. The molecule has 0 amide bonds. The van der Waals surface area contributed by atoms with E-state index in [0.29, 0.717) is 16.5 Å². The molecule has 0 bridgehead atoms. The Morgan fingerprint density at radius 1 is 1.04 bits per heavy atom. The second kappa shape index (κ2) is 5.80. The first kappa shape index (κ1) is 15.5. The molecule has 5 heteroatoms. The molecule has 0 radical (unpaired) electrons. The van der Waals surface area contributed by atoms with E-state index < -0.39 is 5.92 Å². The Labute approximate surface area is 149 Å². The fraction of sp³-hybridized carbons (Fsp3) is 0.100. The van der Waals surface area contributed by atoms with E-state index in [1.54, 1.807) is 12.1 Å². The van der Waals surface area contributed by atoms with Gasteiger partial charge in [0.25, 0.3) is 0 Å². The number of nitrogens with two attached hydrogens (primary N) is 1. The molecular formula is C20H14ClN3O. The molecule has 2 atom stereocenters. The molecule has 25 heavy (non-hydrogen) atoms. The zero-order valence-electron chi connectivity index (χ0n) is 13.2. The van der Waals surface area contributed by atoms with Crippen LogP contribution in [0.5, 0.6) is 5.75 Å². The van der Waals surface area contributed by atoms with Gasteiger partial charge in [-0.05, 0) is 23.8 Å². The molecule has 0 aromatic heterocycles. The highest BCUT2D eigenvalue weighted by Crippen LogP contribution is 2.46. The monoisotopic (exact) mass is 347 g/mol. The topological polar surface area (TPSA) is 82.9 Å². The Kier molecular flexibility index (Phi) is 3.60. The number of nitrogens with one attached hydrogen (secondary N) is 1. The lowest BCUT2D eigenvalue weighted by atomic mass is 9.78. The van der Waals surface area contributed by atoms with Gasteiger partial charge in [-0.1, -0.05) is 48.0 Å². The predicted octanol–water partition coefficient (Wildman–Crippen LogP) is 4.72. The maximum atomic E-state index is 9.61. The molecule has 3 N–H and O–H groups in total. The summed E-state index contributed by atoms with van der Waals surface area (Å²) in [6.07, 6.45) is 0. The zero-order valence-corrected chi connectivity index (χ0v) is 13.9. The van der Waals surface area contributed by atoms with Crippen molar-refractivity contribution in [1.29, 1.82) is 10.7 Å². The molecule has 0 spiro atoms. The van der Waals surface area contributed by atoms with E-state index in [2.05, 4.69) is 6.07 Å². The maximum Gasteiger partial charge on any atom is 0.205 e. The fourth-order valence-electron chi connectivity index (χ4n) is 3.41. The Balaban J connectivity index is 2.00. The number of ether oxygens (including phenoxy) is 1. The van der Waals surface area contributed by atoms with Crippen molar-refractivity contribution in [3.8, 4) is 11.8 Å². The van der Waals surface area contributed by atoms with Crippen LogP contribution in [0.1, 0.15) is 17.0 Å². The van der Waals surface area contributed by atoms with Crippen LogP contribution in [-0.2, 0) is 0 Å². The predicted molar refractivity (Wildman–Crippen MR) is 99.1 cm³/mol. The van der Waals surface area contributed by atoms with E-state index in [0.717, 1.165) is 21.9 Å². The molecule has 0 fully saturated rings. The van der Waals surface area contributed by atoms with Crippen molar-refractivity contribution < 1.29 is 4.74 Å². The van der Waals surface area contributed by atoms with Crippen LogP contribution in [0.15, 0.2) is 54.6 Å². The number of halogens is 1. The summed E-state index contributed by atoms with van der Waals surface area (Å²) < 4.78 is 5.76. The summed E-state index contributed by atoms with van der Waals surface area (Å²) in [5, 5.41) is 20.2. The zero-order chi connectivity index (χ0) is 17.6. The van der Waals surface area contributed by atoms with Crippen LogP contribution in [0.3, 0.4) is 0 Å². The van der Waals surface area contributed by atoms with Gasteiger partial charge >= 0.3 is 0 Å². The molecule has 1 aliphatic rings. The van der Waals surface area contributed by atoms with E-state index in [1.165, 1.54) is 0 Å². The summed E-state index contributed by atoms with van der Waals surface area (Å²) in [5.74, 6) is -0.428. The summed E-state index contributed by atoms with van der Waals surface area (Å²) in [5.41, 5.74) is 8.52. The van der Waals surface area contributed by atoms with Gasteiger partial charge in [0.05, 0.1) is 6.07 Å². The highest BCUT2D eigenvalue weighted by Gasteiger charge is 2.37. The van der Waals surface area contributed by atoms with Crippen molar-refractivity contribution in [2.45, 2.75) is 5.92 Å². The number of benzene rings is 3. The highest BCUT2D eigenvalue weighted by molar-refractivity contribution is 6.30. The number of hydrogen-bond acceptors (Lipinski definition) is 4. The summed E-state index contributed by atoms with van der Waals surface area (Å²) in [4.78, 5) is 0. The van der Waals surface area contributed by atoms with Gasteiger partial charge in [0.2, 0.25) is 5.90 Å². The number of rotatable bonds is 1. The van der Waals surface area contributed by atoms with Crippen LogP contribution in [0.25, 0.3) is 10.8 Å². The van der Waals surface area contributed by atoms with E-state index >= 15 is 0 Å². The van der Waals surface area contributed by atoms with Crippen molar-refractivity contribution in [3.63, 3.8) is 0 Å². The first-order valence-electron chi connectivity index (χ1n) is 7.82. The van der Waals surface area contributed by atoms with E-state index in [1.807, 2.05) is 42.5 Å². The van der Waals surface area contributed by atoms with Crippen LogP contribution in [0.2, 0.25) is 5.02 Å². The summed E-state index contributed by atoms with van der Waals surface area (Å²) in [6, 6.07) is 19.1. The van der Waals surface area contributed by atoms with Gasteiger partial charge in [0.1, 0.15) is 11.7 Å². The van der Waals surface area contributed by atoms with Crippen LogP contribution in [0, 0.1) is 22.7 Å². The number of fused-ring (bicyclic) bond motifs is 3. The normalized spacial score (nSPS) is 19.1. The molecule has 4 rings (SSSR count). The summed E-state index contributed by atoms with van der Waals surface area (Å²) in [7, 11) is 0. The molecular weight excluding hydrogens is 334 g/mol. The van der Waals surface area contributed by atoms with Gasteiger partial charge in [0.15, 0.2) is 0 Å². The highest BCUT2D eigenvalue weighted by atomic mass is 35.5. The summed E-state index contributed by atoms with van der Waals surface area (Å²) in [6.45, 7) is 0. The molecule has 4 nitrogen and oxygen atoms in total. The van der Waals surface area contributed by atoms with Crippen molar-refractivity contribution >= 4 is 34.0 Å². The third-order valence-corrected chi connectivity index (χ3v) is 4.86. The second-order valence-electron chi connectivity index (χ2n) is 6.03. The SMILES string of the molecule is N#CC1C(=N)Oc2c(ccc3c(N)cccc23)C1c1ccc(Cl)cc1. The Morgan fingerprint density at radius 2 is 1.80 bits per heavy atom. The van der Waals surface area contributed by atoms with Gasteiger partial charge in [-0.3, -0.25) is 5.41 Å². The van der Waals surface area contributed by atoms with E-state index in [4.69, 9.17) is 27.5 Å². The van der Waals surface area contributed by atoms with Gasteiger partial charge < -0.3 is 10.5 Å². The molecule has 1 aliphatic heterocycles. The molecule has 122 valence electrons. The third-order valence-electron chi connectivity index (χ3n) is 4.61. The average molecular weight is 348 g/mol. The van der Waals surface area contributed by atoms with Crippen molar-refractivity contribution in [2.75, 3.05) is 5.73 Å². The van der Waals surface area contributed by atoms with E-state index in [9.17, 15) is 5.26 Å². The molecule has 1 heterocycles. The summed E-state index contributed by atoms with van der Waals surface area (Å²) >= 11 is 6.00. The van der Waals surface area contributed by atoms with Gasteiger partial charge in [-0.2, -0.15) is 5.26 Å². The van der Waals surface area contributed by atoms with Gasteiger partial charge in [-0.15, -0.1) is 0 Å². The number of nitriles is 1. The van der Waals surface area contributed by atoms with Crippen molar-refractivity contribution in [1.82, 2.24) is 0 Å². The lowest BCUT2D eigenvalue weighted by Crippen LogP contribution is -2.31. The lowest BCUT2D eigenvalue weighted by Gasteiger charge is -2.31. The minimum atomic E-state index is -0.688. The maximum absolute atomic E-state index is 9.61. The fourth-order valence-corrected chi connectivity index (χ4v) is 3.54. The van der Waals surface area contributed by atoms with E-state index in [-0.39, 0.29) is 11.8 Å². The van der Waals surface area contributed by atoms with Crippen LogP contribution in [0.4, 0.5) is 5.69 Å². The average Bonchev–Trinajstić information content (AvgIpc) is 2.61. The molecule has 2 unspecified atom stereocenters. The lowest BCUT2D eigenvalue weighted by molar-refractivity contribution is 0.455. The first-order chi connectivity index (χ1) is 12.1. The molecule has 3 aromatic carbocycles. The van der Waals surface area contributed by atoms with Crippen LogP contribution < -0.4 is 10.5 Å². The van der Waals surface area contributed by atoms with Crippen LogP contribution >= 0.6 is 11.6 Å². The third kappa shape index (κ3) is 2.41. The molecule has 0 saturated carbocycles. The Hall–Kier alpha value is -3.03. The van der Waals surface area contributed by atoms with Crippen molar-refractivity contribution in [2.24, 2.45) is 5.92 Å². The molecule has 0 saturated heterocycles. The quantitative estimate of drug-likeness (QED) is 0.625. The second-order valence-corrected chi connectivity index (χ2v) is 6.47.